The highest BCUT2D eigenvalue weighted by Gasteiger charge is 2.18. The molecular weight excluding hydrogens is 354 g/mol. The molecule has 0 bridgehead atoms. The van der Waals surface area contributed by atoms with E-state index in [1.54, 1.807) is 42.5 Å². The molecule has 4 rings (SSSR count). The van der Waals surface area contributed by atoms with Gasteiger partial charge < -0.3 is 14.8 Å². The van der Waals surface area contributed by atoms with Gasteiger partial charge in [0, 0.05) is 17.7 Å². The number of hydrogen-bond donors (Lipinski definition) is 2. The summed E-state index contributed by atoms with van der Waals surface area (Å²) in [7, 11) is 0. The molecule has 28 heavy (non-hydrogen) atoms. The summed E-state index contributed by atoms with van der Waals surface area (Å²) in [4.78, 5) is 24.3. The molecule has 1 aliphatic carbocycles. The van der Waals surface area contributed by atoms with Gasteiger partial charge in [0.1, 0.15) is 17.3 Å². The molecule has 2 N–H and O–H groups in total. The summed E-state index contributed by atoms with van der Waals surface area (Å²) in [6, 6.07) is 17.4. The average Bonchev–Trinajstić information content (AvgIpc) is 3.33. The van der Waals surface area contributed by atoms with Crippen molar-refractivity contribution < 1.29 is 19.1 Å². The molecule has 1 aliphatic rings. The highest BCUT2D eigenvalue weighted by Crippen LogP contribution is 2.30. The number of carbonyl (C=O) groups is 2. The monoisotopic (exact) mass is 373 g/mol. The number of aromatic hydroxyl groups is 1. The Labute approximate surface area is 162 Å². The Hall–Kier alpha value is -3.60. The standard InChI is InChI=1S/C23H19NO4/c25-20-8-4-5-15(20)13-18-10-12-22(28-18)16-9-11-21(26)19(14-16)23(27)24-17-6-2-1-3-7-17/h1-3,6-7,9-14,26H,4-5,8H2,(H,24,27)/b15-13+. The van der Waals surface area contributed by atoms with Crippen molar-refractivity contribution in [1.29, 1.82) is 0 Å². The van der Waals surface area contributed by atoms with Gasteiger partial charge in [0.2, 0.25) is 0 Å². The van der Waals surface area contributed by atoms with E-state index in [0.29, 0.717) is 29.2 Å². The van der Waals surface area contributed by atoms with Gasteiger partial charge >= 0.3 is 0 Å². The van der Waals surface area contributed by atoms with E-state index in [2.05, 4.69) is 5.32 Å². The third-order valence-corrected chi connectivity index (χ3v) is 4.71. The van der Waals surface area contributed by atoms with Crippen LogP contribution < -0.4 is 5.32 Å². The second-order valence-electron chi connectivity index (χ2n) is 6.70. The zero-order valence-corrected chi connectivity index (χ0v) is 15.1. The van der Waals surface area contributed by atoms with Crippen molar-refractivity contribution in [3.63, 3.8) is 0 Å². The Balaban J connectivity index is 1.59. The van der Waals surface area contributed by atoms with Crippen LogP contribution in [0.2, 0.25) is 0 Å². The SMILES string of the molecule is O=C1CCC/C1=C\c1ccc(-c2ccc(O)c(C(=O)Nc3ccccc3)c2)o1. The summed E-state index contributed by atoms with van der Waals surface area (Å²) in [5.41, 5.74) is 2.25. The highest BCUT2D eigenvalue weighted by atomic mass is 16.3. The van der Waals surface area contributed by atoms with Crippen LogP contribution in [-0.2, 0) is 4.79 Å². The van der Waals surface area contributed by atoms with Crippen LogP contribution >= 0.6 is 0 Å². The lowest BCUT2D eigenvalue weighted by Gasteiger charge is -2.08. The molecule has 0 atom stereocenters. The first-order valence-corrected chi connectivity index (χ1v) is 9.13. The van der Waals surface area contributed by atoms with Gasteiger partial charge in [-0.15, -0.1) is 0 Å². The maximum absolute atomic E-state index is 12.5. The number of anilines is 1. The number of benzene rings is 2. The fourth-order valence-corrected chi connectivity index (χ4v) is 3.24. The average molecular weight is 373 g/mol. The number of phenolic OH excluding ortho intramolecular Hbond substituents is 1. The van der Waals surface area contributed by atoms with Crippen molar-refractivity contribution in [2.45, 2.75) is 19.3 Å². The number of nitrogens with one attached hydrogen (secondary N) is 1. The number of phenols is 1. The van der Waals surface area contributed by atoms with E-state index in [1.807, 2.05) is 18.2 Å². The zero-order chi connectivity index (χ0) is 19.5. The van der Waals surface area contributed by atoms with E-state index < -0.39 is 5.91 Å². The van der Waals surface area contributed by atoms with E-state index in [-0.39, 0.29) is 17.1 Å². The Bertz CT molecular complexity index is 1060. The number of carbonyl (C=O) groups excluding carboxylic acids is 2. The minimum atomic E-state index is -0.406. The van der Waals surface area contributed by atoms with Crippen molar-refractivity contribution in [1.82, 2.24) is 0 Å². The molecule has 2 aromatic carbocycles. The number of furan rings is 1. The molecule has 0 aliphatic heterocycles. The summed E-state index contributed by atoms with van der Waals surface area (Å²) in [5.74, 6) is 0.816. The third kappa shape index (κ3) is 3.74. The minimum Gasteiger partial charge on any atom is -0.507 e. The smallest absolute Gasteiger partial charge is 0.259 e. The Morgan fingerprint density at radius 1 is 1.04 bits per heavy atom. The molecule has 0 unspecified atom stereocenters. The number of allylic oxidation sites excluding steroid dienone is 1. The Kier molecular flexibility index (Phi) is 4.81. The van der Waals surface area contributed by atoms with Crippen molar-refractivity contribution in [2.75, 3.05) is 5.32 Å². The first-order valence-electron chi connectivity index (χ1n) is 9.13. The van der Waals surface area contributed by atoms with Crippen molar-refractivity contribution >= 4 is 23.5 Å². The van der Waals surface area contributed by atoms with Crippen LogP contribution in [0.25, 0.3) is 17.4 Å². The molecule has 1 fully saturated rings. The summed E-state index contributed by atoms with van der Waals surface area (Å²) >= 11 is 0. The van der Waals surface area contributed by atoms with Crippen LogP contribution in [-0.4, -0.2) is 16.8 Å². The maximum Gasteiger partial charge on any atom is 0.259 e. The zero-order valence-electron chi connectivity index (χ0n) is 15.1. The lowest BCUT2D eigenvalue weighted by molar-refractivity contribution is -0.114. The van der Waals surface area contributed by atoms with Crippen LogP contribution in [0.4, 0.5) is 5.69 Å². The molecule has 1 heterocycles. The number of hydrogen-bond acceptors (Lipinski definition) is 4. The fourth-order valence-electron chi connectivity index (χ4n) is 3.24. The molecule has 1 amide bonds. The van der Waals surface area contributed by atoms with Crippen LogP contribution in [0.15, 0.2) is 70.7 Å². The second-order valence-corrected chi connectivity index (χ2v) is 6.70. The normalized spacial score (nSPS) is 15.1. The summed E-state index contributed by atoms with van der Waals surface area (Å²) in [5, 5.41) is 12.9. The largest absolute Gasteiger partial charge is 0.507 e. The molecule has 5 heteroatoms. The molecular formula is C23H19NO4. The van der Waals surface area contributed by atoms with Gasteiger partial charge in [-0.1, -0.05) is 18.2 Å². The number of rotatable bonds is 4. The number of amides is 1. The summed E-state index contributed by atoms with van der Waals surface area (Å²) in [6.45, 7) is 0. The Morgan fingerprint density at radius 2 is 1.86 bits per heavy atom. The minimum absolute atomic E-state index is 0.109. The van der Waals surface area contributed by atoms with Gasteiger partial charge in [0.25, 0.3) is 5.91 Å². The van der Waals surface area contributed by atoms with Gasteiger partial charge in [0.05, 0.1) is 5.56 Å². The van der Waals surface area contributed by atoms with Gasteiger partial charge in [-0.3, -0.25) is 9.59 Å². The summed E-state index contributed by atoms with van der Waals surface area (Å²) < 4.78 is 5.83. The lowest BCUT2D eigenvalue weighted by atomic mass is 10.1. The molecule has 140 valence electrons. The highest BCUT2D eigenvalue weighted by molar-refractivity contribution is 6.06. The van der Waals surface area contributed by atoms with Crippen LogP contribution in [0.1, 0.15) is 35.4 Å². The maximum atomic E-state index is 12.5. The number of ketones is 1. The quantitative estimate of drug-likeness (QED) is 0.628. The van der Waals surface area contributed by atoms with E-state index in [9.17, 15) is 14.7 Å². The first-order chi connectivity index (χ1) is 13.6. The molecule has 3 aromatic rings. The number of para-hydroxylation sites is 1. The fraction of sp³-hybridized carbons (Fsp3) is 0.130. The first kappa shape index (κ1) is 17.8. The predicted molar refractivity (Wildman–Crippen MR) is 107 cm³/mol. The Morgan fingerprint density at radius 3 is 2.61 bits per heavy atom. The summed E-state index contributed by atoms with van der Waals surface area (Å²) in [6.07, 6.45) is 4.04. The van der Waals surface area contributed by atoms with Crippen molar-refractivity contribution in [3.8, 4) is 17.1 Å². The van der Waals surface area contributed by atoms with Gasteiger partial charge in [-0.25, -0.2) is 0 Å². The van der Waals surface area contributed by atoms with Crippen LogP contribution in [0.3, 0.4) is 0 Å². The third-order valence-electron chi connectivity index (χ3n) is 4.71. The van der Waals surface area contributed by atoms with E-state index in [1.165, 1.54) is 6.07 Å². The van der Waals surface area contributed by atoms with Crippen LogP contribution in [0.5, 0.6) is 5.75 Å². The van der Waals surface area contributed by atoms with Crippen molar-refractivity contribution in [2.24, 2.45) is 0 Å². The molecule has 0 radical (unpaired) electrons. The lowest BCUT2D eigenvalue weighted by Crippen LogP contribution is -2.12. The van der Waals surface area contributed by atoms with E-state index in [4.69, 9.17) is 4.42 Å². The molecule has 1 aromatic heterocycles. The van der Waals surface area contributed by atoms with Crippen LogP contribution in [0, 0.1) is 0 Å². The molecule has 0 spiro atoms. The van der Waals surface area contributed by atoms with Gasteiger partial charge in [0.15, 0.2) is 5.78 Å². The van der Waals surface area contributed by atoms with Gasteiger partial charge in [-0.2, -0.15) is 0 Å². The topological polar surface area (TPSA) is 79.5 Å². The van der Waals surface area contributed by atoms with E-state index >= 15 is 0 Å². The number of Topliss-reactive ketones (excluding diaryl/α,β-unsaturated/α-hetero) is 1. The second kappa shape index (κ2) is 7.56. The molecule has 1 saturated carbocycles. The van der Waals surface area contributed by atoms with Gasteiger partial charge in [-0.05, 0) is 67.0 Å². The van der Waals surface area contributed by atoms with Crippen molar-refractivity contribution in [3.05, 3.63) is 77.6 Å². The molecule has 5 nitrogen and oxygen atoms in total. The van der Waals surface area contributed by atoms with E-state index in [0.717, 1.165) is 18.4 Å². The molecule has 0 saturated heterocycles. The predicted octanol–water partition coefficient (Wildman–Crippen LogP) is 5.04.